The van der Waals surface area contributed by atoms with Crippen molar-refractivity contribution in [2.75, 3.05) is 19.8 Å². The van der Waals surface area contributed by atoms with Crippen molar-refractivity contribution in [2.45, 2.75) is 32.8 Å². The Morgan fingerprint density at radius 3 is 2.38 bits per heavy atom. The Morgan fingerprint density at radius 2 is 1.92 bits per heavy atom. The average molecular weight is 190 g/mol. The van der Waals surface area contributed by atoms with Crippen LogP contribution in [0.15, 0.2) is 0 Å². The van der Waals surface area contributed by atoms with Crippen LogP contribution < -0.4 is 0 Å². The first-order chi connectivity index (χ1) is 6.00. The molecule has 0 atom stereocenters. The van der Waals surface area contributed by atoms with Crippen molar-refractivity contribution in [2.24, 2.45) is 0 Å². The molecule has 0 radical (unpaired) electrons. The van der Waals surface area contributed by atoms with Gasteiger partial charge in [-0.2, -0.15) is 0 Å². The van der Waals surface area contributed by atoms with E-state index in [1.165, 1.54) is 13.8 Å². The summed E-state index contributed by atoms with van der Waals surface area (Å²) < 4.78 is 10.3. The lowest BCUT2D eigenvalue weighted by Crippen LogP contribution is -2.35. The molecule has 0 aliphatic carbocycles. The number of ether oxygens (including phenoxy) is 2. The van der Waals surface area contributed by atoms with Crippen molar-refractivity contribution >= 4 is 5.97 Å². The lowest BCUT2D eigenvalue weighted by molar-refractivity contribution is -0.162. The molecule has 0 rings (SSSR count). The van der Waals surface area contributed by atoms with Crippen molar-refractivity contribution in [1.29, 1.82) is 0 Å². The minimum atomic E-state index is -1.12. The summed E-state index contributed by atoms with van der Waals surface area (Å²) in [6.07, 6.45) is 0.961. The zero-order valence-corrected chi connectivity index (χ0v) is 8.50. The highest BCUT2D eigenvalue weighted by Gasteiger charge is 2.27. The van der Waals surface area contributed by atoms with Gasteiger partial charge in [0.25, 0.3) is 0 Å². The van der Waals surface area contributed by atoms with E-state index in [1.807, 2.05) is 6.92 Å². The summed E-state index contributed by atoms with van der Waals surface area (Å²) in [6.45, 7) is 6.52. The lowest BCUT2D eigenvalue weighted by Gasteiger charge is -2.19. The first-order valence-corrected chi connectivity index (χ1v) is 4.45. The molecule has 78 valence electrons. The number of carbonyl (C=O) groups is 1. The number of hydrogen-bond donors (Lipinski definition) is 1. The van der Waals surface area contributed by atoms with Crippen molar-refractivity contribution in [3.63, 3.8) is 0 Å². The second kappa shape index (κ2) is 5.94. The van der Waals surface area contributed by atoms with Gasteiger partial charge in [0.05, 0.1) is 13.2 Å². The highest BCUT2D eigenvalue weighted by atomic mass is 16.5. The maximum atomic E-state index is 10.6. The summed E-state index contributed by atoms with van der Waals surface area (Å²) in [5.74, 6) is -0.956. The molecular weight excluding hydrogens is 172 g/mol. The Balaban J connectivity index is 3.46. The van der Waals surface area contributed by atoms with Crippen LogP contribution in [0, 0.1) is 0 Å². The van der Waals surface area contributed by atoms with Gasteiger partial charge >= 0.3 is 5.97 Å². The van der Waals surface area contributed by atoms with Crippen LogP contribution in [-0.4, -0.2) is 36.5 Å². The van der Waals surface area contributed by atoms with E-state index in [4.69, 9.17) is 14.6 Å². The summed E-state index contributed by atoms with van der Waals surface area (Å²) in [7, 11) is 0. The third kappa shape index (κ3) is 5.60. The standard InChI is InChI=1S/C9H18O4/c1-4-5-12-6-7-13-9(2,3)8(10)11/h4-7H2,1-3H3,(H,10,11). The van der Waals surface area contributed by atoms with Crippen LogP contribution in [0.3, 0.4) is 0 Å². The van der Waals surface area contributed by atoms with Gasteiger partial charge < -0.3 is 14.6 Å². The second-order valence-electron chi connectivity index (χ2n) is 3.28. The largest absolute Gasteiger partial charge is 0.479 e. The average Bonchev–Trinajstić information content (AvgIpc) is 2.03. The fourth-order valence-electron chi connectivity index (χ4n) is 0.664. The van der Waals surface area contributed by atoms with Gasteiger partial charge in [-0.3, -0.25) is 0 Å². The van der Waals surface area contributed by atoms with Gasteiger partial charge in [-0.05, 0) is 20.3 Å². The van der Waals surface area contributed by atoms with Crippen molar-refractivity contribution in [1.82, 2.24) is 0 Å². The first kappa shape index (κ1) is 12.4. The Morgan fingerprint density at radius 1 is 1.31 bits per heavy atom. The minimum absolute atomic E-state index is 0.319. The summed E-state index contributed by atoms with van der Waals surface area (Å²) in [5.41, 5.74) is -1.12. The third-order valence-corrected chi connectivity index (χ3v) is 1.55. The van der Waals surface area contributed by atoms with E-state index in [-0.39, 0.29) is 0 Å². The molecule has 4 nitrogen and oxygen atoms in total. The number of carboxylic acids is 1. The lowest BCUT2D eigenvalue weighted by atomic mass is 10.1. The molecule has 4 heteroatoms. The summed E-state index contributed by atoms with van der Waals surface area (Å²) in [5, 5.41) is 8.68. The van der Waals surface area contributed by atoms with Crippen LogP contribution >= 0.6 is 0 Å². The molecular formula is C9H18O4. The Kier molecular flexibility index (Phi) is 5.66. The van der Waals surface area contributed by atoms with E-state index >= 15 is 0 Å². The predicted molar refractivity (Wildman–Crippen MR) is 48.8 cm³/mol. The molecule has 0 spiro atoms. The van der Waals surface area contributed by atoms with Crippen LogP contribution in [0.4, 0.5) is 0 Å². The van der Waals surface area contributed by atoms with Gasteiger partial charge in [0.15, 0.2) is 5.60 Å². The third-order valence-electron chi connectivity index (χ3n) is 1.55. The molecule has 0 fully saturated rings. The highest BCUT2D eigenvalue weighted by molar-refractivity contribution is 5.76. The zero-order chi connectivity index (χ0) is 10.3. The van der Waals surface area contributed by atoms with E-state index in [9.17, 15) is 4.79 Å². The molecule has 13 heavy (non-hydrogen) atoms. The molecule has 0 aromatic carbocycles. The van der Waals surface area contributed by atoms with E-state index < -0.39 is 11.6 Å². The molecule has 1 N–H and O–H groups in total. The van der Waals surface area contributed by atoms with Crippen molar-refractivity contribution in [3.8, 4) is 0 Å². The van der Waals surface area contributed by atoms with Crippen LogP contribution in [0.2, 0.25) is 0 Å². The SMILES string of the molecule is CCCOCCOC(C)(C)C(=O)O. The topological polar surface area (TPSA) is 55.8 Å². The summed E-state index contributed by atoms with van der Waals surface area (Å²) in [6, 6.07) is 0. The van der Waals surface area contributed by atoms with E-state index in [0.717, 1.165) is 6.42 Å². The number of aliphatic carboxylic acids is 1. The quantitative estimate of drug-likeness (QED) is 0.615. The fourth-order valence-corrected chi connectivity index (χ4v) is 0.664. The Hall–Kier alpha value is -0.610. The monoisotopic (exact) mass is 190 g/mol. The molecule has 0 aliphatic rings. The van der Waals surface area contributed by atoms with Gasteiger partial charge in [-0.15, -0.1) is 0 Å². The molecule has 0 aliphatic heterocycles. The van der Waals surface area contributed by atoms with Crippen LogP contribution in [-0.2, 0) is 14.3 Å². The summed E-state index contributed by atoms with van der Waals surface area (Å²) in [4.78, 5) is 10.6. The molecule has 0 saturated carbocycles. The Labute approximate surface area is 78.8 Å². The van der Waals surface area contributed by atoms with Gasteiger partial charge in [-0.25, -0.2) is 4.79 Å². The second-order valence-corrected chi connectivity index (χ2v) is 3.28. The van der Waals surface area contributed by atoms with Crippen molar-refractivity contribution in [3.05, 3.63) is 0 Å². The number of rotatable bonds is 7. The maximum Gasteiger partial charge on any atom is 0.335 e. The van der Waals surface area contributed by atoms with Crippen molar-refractivity contribution < 1.29 is 19.4 Å². The molecule has 0 amide bonds. The molecule has 0 aromatic rings. The molecule has 0 bridgehead atoms. The fraction of sp³-hybridized carbons (Fsp3) is 0.889. The minimum Gasteiger partial charge on any atom is -0.479 e. The van der Waals surface area contributed by atoms with Gasteiger partial charge in [0, 0.05) is 6.61 Å². The molecule has 0 heterocycles. The first-order valence-electron chi connectivity index (χ1n) is 4.45. The van der Waals surface area contributed by atoms with Crippen LogP contribution in [0.1, 0.15) is 27.2 Å². The Bertz CT molecular complexity index is 154. The van der Waals surface area contributed by atoms with E-state index in [2.05, 4.69) is 0 Å². The molecule has 0 unspecified atom stereocenters. The predicted octanol–water partition coefficient (Wildman–Crippen LogP) is 1.29. The van der Waals surface area contributed by atoms with E-state index in [0.29, 0.717) is 19.8 Å². The zero-order valence-electron chi connectivity index (χ0n) is 8.50. The van der Waals surface area contributed by atoms with Crippen LogP contribution in [0.5, 0.6) is 0 Å². The van der Waals surface area contributed by atoms with Gasteiger partial charge in [0.1, 0.15) is 0 Å². The van der Waals surface area contributed by atoms with E-state index in [1.54, 1.807) is 0 Å². The maximum absolute atomic E-state index is 10.6. The smallest absolute Gasteiger partial charge is 0.335 e. The summed E-state index contributed by atoms with van der Waals surface area (Å²) >= 11 is 0. The number of carboxylic acid groups (broad SMARTS) is 1. The molecule has 0 saturated heterocycles. The van der Waals surface area contributed by atoms with Gasteiger partial charge in [0.2, 0.25) is 0 Å². The van der Waals surface area contributed by atoms with Gasteiger partial charge in [-0.1, -0.05) is 6.92 Å². The highest BCUT2D eigenvalue weighted by Crippen LogP contribution is 2.08. The normalized spacial score (nSPS) is 11.6. The van der Waals surface area contributed by atoms with Crippen LogP contribution in [0.25, 0.3) is 0 Å². The molecule has 0 aromatic heterocycles. The number of hydrogen-bond acceptors (Lipinski definition) is 3.